The van der Waals surface area contributed by atoms with E-state index in [1.54, 1.807) is 21.0 Å². The van der Waals surface area contributed by atoms with E-state index in [0.717, 1.165) is 0 Å². The third-order valence-corrected chi connectivity index (χ3v) is 0. The van der Waals surface area contributed by atoms with Crippen molar-refractivity contribution in [2.24, 2.45) is 0 Å². The van der Waals surface area contributed by atoms with Gasteiger partial charge in [0.05, 0.1) is 0 Å². The molecule has 6 heavy (non-hydrogen) atoms. The van der Waals surface area contributed by atoms with Gasteiger partial charge >= 0.3 is 77.1 Å². The summed E-state index contributed by atoms with van der Waals surface area (Å²) in [6.07, 6.45) is 0. The van der Waals surface area contributed by atoms with Crippen molar-refractivity contribution < 1.29 is 30.2 Å². The fraction of sp³-hybridized carbons (Fsp3) is 0. The topological polar surface area (TPSA) is 51.2 Å². The summed E-state index contributed by atoms with van der Waals surface area (Å²) >= 11 is 1.90. The molecule has 3 nitrogen and oxygen atoms in total. The molecule has 0 N–H and O–H groups in total. The molecule has 0 heterocycles. The normalized spacial score (nSPS) is 2.17. The molecule has 0 spiro atoms. The summed E-state index contributed by atoms with van der Waals surface area (Å²) in [6, 6.07) is 0. The molecule has 0 bridgehead atoms. The van der Waals surface area contributed by atoms with E-state index in [1.165, 1.54) is 0 Å². The van der Waals surface area contributed by atoms with Crippen LogP contribution >= 0.6 is 0 Å². The van der Waals surface area contributed by atoms with Gasteiger partial charge in [0.1, 0.15) is 0 Å². The Labute approximate surface area is 76.0 Å². The predicted molar refractivity (Wildman–Crippen MR) is 15.0 cm³/mol. The Hall–Kier alpha value is 1.81. The molecule has 0 unspecified atom stereocenters. The van der Waals surface area contributed by atoms with Crippen LogP contribution in [0.25, 0.3) is 0 Å². The number of hydrogen-bond donors (Lipinski definition) is 0. The minimum absolute atomic E-state index is 0.1000. The van der Waals surface area contributed by atoms with Crippen LogP contribution in [-0.4, -0.2) is 46.9 Å². The van der Waals surface area contributed by atoms with E-state index < -0.39 is 0 Å². The third kappa shape index (κ3) is 41.1. The molecule has 0 saturated heterocycles. The van der Waals surface area contributed by atoms with Crippen molar-refractivity contribution in [3.8, 4) is 0 Å². The fourth-order valence-corrected chi connectivity index (χ4v) is 0. The molecule has 0 aromatic carbocycles. The van der Waals surface area contributed by atoms with Gasteiger partial charge in [0.25, 0.3) is 0 Å². The van der Waals surface area contributed by atoms with E-state index in [9.17, 15) is 0 Å². The molecule has 37 valence electrons. The van der Waals surface area contributed by atoms with Crippen molar-refractivity contribution in [1.82, 2.24) is 0 Å². The molecular weight excluding hydrogens is 389 g/mol. The average molecular weight is 390 g/mol. The maximum atomic E-state index is 8.42. The second-order valence-electron chi connectivity index (χ2n) is 0. The molecule has 0 fully saturated rings. The van der Waals surface area contributed by atoms with Gasteiger partial charge in [0.15, 0.2) is 0 Å². The molecule has 0 amide bonds. The second kappa shape index (κ2) is 70.2. The number of hydrogen-bond acceptors (Lipinski definition) is 3. The zero-order valence-electron chi connectivity index (χ0n) is 2.73. The molecule has 0 atom stereocenters. The Morgan fingerprint density at radius 2 is 1.17 bits per heavy atom. The summed E-state index contributed by atoms with van der Waals surface area (Å²) in [4.78, 5) is 0. The monoisotopic (exact) mass is 391 g/mol. The van der Waals surface area contributed by atoms with E-state index in [-0.39, 0.29) is 24.4 Å². The van der Waals surface area contributed by atoms with Crippen LogP contribution in [0.5, 0.6) is 0 Å². The van der Waals surface area contributed by atoms with E-state index in [1.807, 2.05) is 0 Å². The van der Waals surface area contributed by atoms with Gasteiger partial charge in [-0.3, -0.25) is 0 Å². The standard InChI is InChI=1S/Ag.In.3O.Sn.H. The molecule has 0 rings (SSSR count). The van der Waals surface area contributed by atoms with Gasteiger partial charge in [-0.05, 0) is 0 Å². The van der Waals surface area contributed by atoms with Crippen LogP contribution in [0.4, 0.5) is 0 Å². The zero-order valence-corrected chi connectivity index (χ0v) is 11.1. The van der Waals surface area contributed by atoms with E-state index in [2.05, 4.69) is 0 Å². The van der Waals surface area contributed by atoms with Crippen molar-refractivity contribution in [2.45, 2.75) is 0 Å². The van der Waals surface area contributed by atoms with Crippen LogP contribution in [0.3, 0.4) is 0 Å². The summed E-state index contributed by atoms with van der Waals surface area (Å²) in [6.45, 7) is 0. The molecule has 0 aliphatic carbocycles. The SMILES string of the molecule is [O]=[Ag].[O]=[InH].[O]=[Sn]. The maximum absolute atomic E-state index is 8.42. The summed E-state index contributed by atoms with van der Waals surface area (Å²) in [7, 11) is 0. The van der Waals surface area contributed by atoms with Crippen LogP contribution in [0.1, 0.15) is 0 Å². The molecule has 0 saturated carbocycles. The van der Waals surface area contributed by atoms with Crippen molar-refractivity contribution in [3.63, 3.8) is 0 Å². The molecule has 2 radical (unpaired) electrons. The first-order valence-corrected chi connectivity index (χ1v) is 4.03. The molecule has 0 aliphatic heterocycles. The summed E-state index contributed by atoms with van der Waals surface area (Å²) < 4.78 is 24.8. The Morgan fingerprint density at radius 1 is 1.17 bits per heavy atom. The Morgan fingerprint density at radius 3 is 1.17 bits per heavy atom. The van der Waals surface area contributed by atoms with E-state index >= 15 is 0 Å². The van der Waals surface area contributed by atoms with Crippen LogP contribution in [-0.2, 0) is 30.2 Å². The van der Waals surface area contributed by atoms with Gasteiger partial charge in [-0.1, -0.05) is 0 Å². The number of rotatable bonds is 0. The van der Waals surface area contributed by atoms with Gasteiger partial charge in [-0.15, -0.1) is 0 Å². The van der Waals surface area contributed by atoms with Crippen molar-refractivity contribution >= 4 is 46.9 Å². The minimum atomic E-state index is -0.1000. The van der Waals surface area contributed by atoms with Gasteiger partial charge in [0, 0.05) is 0 Å². The van der Waals surface area contributed by atoms with Gasteiger partial charge in [-0.2, -0.15) is 0 Å². The summed E-state index contributed by atoms with van der Waals surface area (Å²) in [5.74, 6) is 0. The van der Waals surface area contributed by atoms with Crippen LogP contribution in [0.15, 0.2) is 0 Å². The summed E-state index contributed by atoms with van der Waals surface area (Å²) in [5, 5.41) is 0. The van der Waals surface area contributed by atoms with Crippen molar-refractivity contribution in [2.75, 3.05) is 0 Å². The zero-order chi connectivity index (χ0) is 6.00. The Bertz CT molecular complexity index is 15.5. The quantitative estimate of drug-likeness (QED) is 0.479. The Kier molecular flexibility index (Phi) is 183. The molecule has 0 aliphatic rings. The predicted octanol–water partition coefficient (Wildman–Crippen LogP) is -1.39. The third-order valence-electron chi connectivity index (χ3n) is 0. The van der Waals surface area contributed by atoms with Crippen LogP contribution in [0, 0.1) is 0 Å². The molecule has 0 aromatic rings. The molecule has 6 heteroatoms. The second-order valence-corrected chi connectivity index (χ2v) is 0. The summed E-state index contributed by atoms with van der Waals surface area (Å²) in [5.41, 5.74) is 0. The Balaban J connectivity index is -0.0000000225. The van der Waals surface area contributed by atoms with Gasteiger partial charge < -0.3 is 0 Å². The first kappa shape index (κ1) is 15.7. The first-order chi connectivity index (χ1) is 3.00. The van der Waals surface area contributed by atoms with Gasteiger partial charge in [0.2, 0.25) is 0 Å². The average Bonchev–Trinajstić information content (AvgIpc) is 1.81. The first-order valence-electron chi connectivity index (χ1n) is 0.616. The molecular formula is HAgInO3Sn. The fourth-order valence-electron chi connectivity index (χ4n) is 0. The van der Waals surface area contributed by atoms with Crippen molar-refractivity contribution in [3.05, 3.63) is 0 Å². The van der Waals surface area contributed by atoms with Gasteiger partial charge in [-0.25, -0.2) is 0 Å². The van der Waals surface area contributed by atoms with E-state index in [4.69, 9.17) is 9.18 Å². The van der Waals surface area contributed by atoms with Crippen LogP contribution in [0.2, 0.25) is 0 Å². The molecule has 0 aromatic heterocycles. The van der Waals surface area contributed by atoms with Crippen molar-refractivity contribution in [1.29, 1.82) is 0 Å². The van der Waals surface area contributed by atoms with E-state index in [0.29, 0.717) is 22.5 Å². The van der Waals surface area contributed by atoms with Crippen LogP contribution < -0.4 is 0 Å².